The van der Waals surface area contributed by atoms with Crippen molar-refractivity contribution >= 4 is 40.1 Å². The summed E-state index contributed by atoms with van der Waals surface area (Å²) in [7, 11) is 0. The number of nitrogens with two attached hydrogens (primary N) is 1. The minimum Gasteiger partial charge on any atom is -0.472 e. The van der Waals surface area contributed by atoms with Crippen LogP contribution in [0.2, 0.25) is 10.0 Å². The zero-order valence-electron chi connectivity index (χ0n) is 9.87. The molecule has 18 heavy (non-hydrogen) atoms. The van der Waals surface area contributed by atoms with Gasteiger partial charge >= 0.3 is 0 Å². The number of fused-ring (bicyclic) bond motifs is 1. The lowest BCUT2D eigenvalue weighted by molar-refractivity contribution is 0.234. The van der Waals surface area contributed by atoms with Crippen LogP contribution in [0.25, 0.3) is 11.0 Å². The van der Waals surface area contributed by atoms with Gasteiger partial charge < -0.3 is 10.2 Å². The third-order valence-corrected chi connectivity index (χ3v) is 2.79. The van der Waals surface area contributed by atoms with Crippen molar-refractivity contribution in [3.05, 3.63) is 22.2 Å². The Hall–Kier alpha value is -1.30. The van der Waals surface area contributed by atoms with E-state index >= 15 is 0 Å². The predicted molar refractivity (Wildman–Crippen MR) is 73.1 cm³/mol. The number of halogens is 2. The third kappa shape index (κ3) is 2.43. The van der Waals surface area contributed by atoms with Crippen LogP contribution in [0.4, 0.5) is 5.82 Å². The molecule has 0 radical (unpaired) electrons. The van der Waals surface area contributed by atoms with Crippen molar-refractivity contribution < 1.29 is 4.74 Å². The molecule has 0 spiro atoms. The van der Waals surface area contributed by atoms with Crippen molar-refractivity contribution in [2.75, 3.05) is 5.43 Å². The molecule has 2 aromatic rings. The number of hydrogen-bond acceptors (Lipinski definition) is 5. The van der Waals surface area contributed by atoms with E-state index in [1.54, 1.807) is 12.1 Å². The molecule has 0 atom stereocenters. The van der Waals surface area contributed by atoms with Gasteiger partial charge in [-0.15, -0.1) is 0 Å². The monoisotopic (exact) mass is 286 g/mol. The molecule has 0 aliphatic rings. The van der Waals surface area contributed by atoms with Crippen molar-refractivity contribution in [2.24, 2.45) is 5.84 Å². The van der Waals surface area contributed by atoms with Gasteiger partial charge in [-0.1, -0.05) is 23.2 Å². The molecule has 1 aromatic carbocycles. The van der Waals surface area contributed by atoms with Crippen LogP contribution in [0.15, 0.2) is 12.1 Å². The highest BCUT2D eigenvalue weighted by atomic mass is 35.5. The van der Waals surface area contributed by atoms with Crippen LogP contribution < -0.4 is 16.0 Å². The van der Waals surface area contributed by atoms with E-state index in [2.05, 4.69) is 15.4 Å². The van der Waals surface area contributed by atoms with Crippen LogP contribution in [0.1, 0.15) is 13.8 Å². The molecule has 1 aromatic heterocycles. The summed E-state index contributed by atoms with van der Waals surface area (Å²) in [5, 5.41) is 0.911. The van der Waals surface area contributed by atoms with Crippen molar-refractivity contribution in [1.82, 2.24) is 9.97 Å². The molecule has 0 unspecified atom stereocenters. The number of anilines is 1. The maximum Gasteiger partial charge on any atom is 0.259 e. The molecule has 0 saturated heterocycles. The molecule has 0 saturated carbocycles. The third-order valence-electron chi connectivity index (χ3n) is 2.18. The highest BCUT2D eigenvalue weighted by Crippen LogP contribution is 2.31. The lowest BCUT2D eigenvalue weighted by Crippen LogP contribution is -2.15. The van der Waals surface area contributed by atoms with Gasteiger partial charge in [0.2, 0.25) is 5.82 Å². The molecule has 0 aliphatic carbocycles. The van der Waals surface area contributed by atoms with Gasteiger partial charge in [0, 0.05) is 0 Å². The highest BCUT2D eigenvalue weighted by Gasteiger charge is 2.14. The van der Waals surface area contributed by atoms with Crippen LogP contribution in [-0.4, -0.2) is 16.1 Å². The quantitative estimate of drug-likeness (QED) is 0.670. The summed E-state index contributed by atoms with van der Waals surface area (Å²) in [4.78, 5) is 8.57. The van der Waals surface area contributed by atoms with E-state index in [-0.39, 0.29) is 6.10 Å². The van der Waals surface area contributed by atoms with Crippen LogP contribution in [0.3, 0.4) is 0 Å². The second-order valence-electron chi connectivity index (χ2n) is 3.91. The van der Waals surface area contributed by atoms with E-state index in [1.165, 1.54) is 0 Å². The lowest BCUT2D eigenvalue weighted by atomic mass is 10.3. The summed E-state index contributed by atoms with van der Waals surface area (Å²) in [6.07, 6.45) is -0.0539. The standard InChI is InChI=1S/C11H12Cl2N4O/c1-5(2)18-11-10(17-14)15-8-6(12)3-4-7(13)9(8)16-11/h3-5H,14H2,1-2H3,(H,15,17). The van der Waals surface area contributed by atoms with E-state index in [0.29, 0.717) is 32.8 Å². The summed E-state index contributed by atoms with van der Waals surface area (Å²) in [6.45, 7) is 3.76. The normalized spacial score (nSPS) is 11.0. The molecule has 0 bridgehead atoms. The van der Waals surface area contributed by atoms with Crippen LogP contribution in [0, 0.1) is 0 Å². The minimum atomic E-state index is -0.0539. The first-order valence-corrected chi connectivity index (χ1v) is 6.07. The molecule has 0 amide bonds. The maximum absolute atomic E-state index is 6.06. The number of hydrogen-bond donors (Lipinski definition) is 2. The first-order chi connectivity index (χ1) is 8.52. The number of nitrogens with zero attached hydrogens (tertiary/aromatic N) is 2. The number of hydrazine groups is 1. The van der Waals surface area contributed by atoms with E-state index in [9.17, 15) is 0 Å². The molecule has 1 heterocycles. The second-order valence-corrected chi connectivity index (χ2v) is 4.73. The number of nitrogens with one attached hydrogen (secondary N) is 1. The zero-order chi connectivity index (χ0) is 13.3. The first kappa shape index (κ1) is 13.1. The summed E-state index contributed by atoms with van der Waals surface area (Å²) in [5.41, 5.74) is 3.40. The van der Waals surface area contributed by atoms with Crippen molar-refractivity contribution in [2.45, 2.75) is 20.0 Å². The fourth-order valence-electron chi connectivity index (χ4n) is 1.46. The molecule has 5 nitrogen and oxygen atoms in total. The maximum atomic E-state index is 6.06. The fourth-order valence-corrected chi connectivity index (χ4v) is 1.85. The average molecular weight is 287 g/mol. The van der Waals surface area contributed by atoms with Gasteiger partial charge in [0.05, 0.1) is 16.1 Å². The molecule has 0 fully saturated rings. The second kappa shape index (κ2) is 5.14. The summed E-state index contributed by atoms with van der Waals surface area (Å²) < 4.78 is 5.52. The Morgan fingerprint density at radius 2 is 1.72 bits per heavy atom. The number of rotatable bonds is 3. The topological polar surface area (TPSA) is 73.1 Å². The van der Waals surface area contributed by atoms with Crippen LogP contribution in [-0.2, 0) is 0 Å². The van der Waals surface area contributed by atoms with E-state index < -0.39 is 0 Å². The van der Waals surface area contributed by atoms with Gasteiger partial charge in [-0.05, 0) is 26.0 Å². The fraction of sp³-hybridized carbons (Fsp3) is 0.273. The van der Waals surface area contributed by atoms with Crippen molar-refractivity contribution in [3.8, 4) is 5.88 Å². The number of nitrogen functional groups attached to an aromatic ring is 1. The van der Waals surface area contributed by atoms with Gasteiger partial charge in [-0.3, -0.25) is 0 Å². The van der Waals surface area contributed by atoms with E-state index in [4.69, 9.17) is 33.8 Å². The van der Waals surface area contributed by atoms with Gasteiger partial charge in [0.15, 0.2) is 0 Å². The average Bonchev–Trinajstić information content (AvgIpc) is 2.33. The Bertz CT molecular complexity index is 589. The molecule has 3 N–H and O–H groups in total. The molecule has 7 heteroatoms. The zero-order valence-corrected chi connectivity index (χ0v) is 11.4. The van der Waals surface area contributed by atoms with E-state index in [1.807, 2.05) is 13.8 Å². The lowest BCUT2D eigenvalue weighted by Gasteiger charge is -2.13. The summed E-state index contributed by atoms with van der Waals surface area (Å²) in [6, 6.07) is 3.32. The SMILES string of the molecule is CC(C)Oc1nc2c(Cl)ccc(Cl)c2nc1NN. The van der Waals surface area contributed by atoms with E-state index in [0.717, 1.165) is 0 Å². The van der Waals surface area contributed by atoms with Crippen LogP contribution >= 0.6 is 23.2 Å². The Balaban J connectivity index is 2.69. The predicted octanol–water partition coefficient (Wildman–Crippen LogP) is 3.01. The molecule has 2 rings (SSSR count). The largest absolute Gasteiger partial charge is 0.472 e. The number of aromatic nitrogens is 2. The molecular weight excluding hydrogens is 275 g/mol. The number of benzene rings is 1. The van der Waals surface area contributed by atoms with Crippen LogP contribution in [0.5, 0.6) is 5.88 Å². The Kier molecular flexibility index (Phi) is 3.75. The highest BCUT2D eigenvalue weighted by molar-refractivity contribution is 6.39. The van der Waals surface area contributed by atoms with Gasteiger partial charge in [0.1, 0.15) is 11.0 Å². The number of ether oxygens (including phenoxy) is 1. The Morgan fingerprint density at radius 1 is 1.17 bits per heavy atom. The van der Waals surface area contributed by atoms with Gasteiger partial charge in [-0.25, -0.2) is 15.8 Å². The minimum absolute atomic E-state index is 0.0539. The Morgan fingerprint density at radius 3 is 2.22 bits per heavy atom. The van der Waals surface area contributed by atoms with Gasteiger partial charge in [0.25, 0.3) is 5.88 Å². The summed E-state index contributed by atoms with van der Waals surface area (Å²) in [5.74, 6) is 6.01. The first-order valence-electron chi connectivity index (χ1n) is 5.32. The smallest absolute Gasteiger partial charge is 0.259 e. The van der Waals surface area contributed by atoms with Gasteiger partial charge in [-0.2, -0.15) is 0 Å². The van der Waals surface area contributed by atoms with Crippen molar-refractivity contribution in [3.63, 3.8) is 0 Å². The Labute approximate surface area is 114 Å². The molecule has 0 aliphatic heterocycles. The summed E-state index contributed by atoms with van der Waals surface area (Å²) >= 11 is 12.1. The molecule has 96 valence electrons. The van der Waals surface area contributed by atoms with Crippen molar-refractivity contribution in [1.29, 1.82) is 0 Å². The molecular formula is C11H12Cl2N4O.